The Morgan fingerprint density at radius 3 is 2.52 bits per heavy atom. The highest BCUT2D eigenvalue weighted by Gasteiger charge is 2.18. The number of hydrogen-bond acceptors (Lipinski definition) is 4. The average Bonchev–Trinajstić information content (AvgIpc) is 2.85. The SMILES string of the molecule is Cc1ccc(-c2cncc(C=CC(=O)Nc3ccc(CN(C)C4CCOCC4)cc3)c2)cc1. The van der Waals surface area contributed by atoms with Gasteiger partial charge in [0, 0.05) is 55.5 Å². The maximum atomic E-state index is 12.4. The Kier molecular flexibility index (Phi) is 7.66. The molecule has 4 rings (SSSR count). The first-order valence-corrected chi connectivity index (χ1v) is 11.4. The number of benzene rings is 2. The van der Waals surface area contributed by atoms with Gasteiger partial charge in [-0.3, -0.25) is 14.7 Å². The monoisotopic (exact) mass is 441 g/mol. The number of anilines is 1. The molecule has 0 atom stereocenters. The molecule has 5 heteroatoms. The molecule has 1 aromatic heterocycles. The van der Waals surface area contributed by atoms with Crippen LogP contribution >= 0.6 is 0 Å². The molecule has 1 aliphatic rings. The molecule has 2 aromatic carbocycles. The molecule has 0 spiro atoms. The third kappa shape index (κ3) is 6.60. The molecule has 1 aliphatic heterocycles. The lowest BCUT2D eigenvalue weighted by molar-refractivity contribution is -0.111. The van der Waals surface area contributed by atoms with Gasteiger partial charge in [0.05, 0.1) is 0 Å². The van der Waals surface area contributed by atoms with Gasteiger partial charge in [0.2, 0.25) is 5.91 Å². The number of carbonyl (C=O) groups excluding carboxylic acids is 1. The molecular weight excluding hydrogens is 410 g/mol. The van der Waals surface area contributed by atoms with Gasteiger partial charge in [0.15, 0.2) is 0 Å². The number of aryl methyl sites for hydroxylation is 1. The minimum absolute atomic E-state index is 0.164. The van der Waals surface area contributed by atoms with Gasteiger partial charge in [-0.2, -0.15) is 0 Å². The van der Waals surface area contributed by atoms with Crippen LogP contribution < -0.4 is 5.32 Å². The molecule has 0 bridgehead atoms. The molecule has 0 unspecified atom stereocenters. The van der Waals surface area contributed by atoms with Gasteiger partial charge in [0.1, 0.15) is 0 Å². The summed E-state index contributed by atoms with van der Waals surface area (Å²) in [4.78, 5) is 19.1. The smallest absolute Gasteiger partial charge is 0.248 e. The van der Waals surface area contributed by atoms with Crippen molar-refractivity contribution in [1.82, 2.24) is 9.88 Å². The molecule has 1 fully saturated rings. The minimum atomic E-state index is -0.164. The van der Waals surface area contributed by atoms with Crippen LogP contribution in [0.3, 0.4) is 0 Å². The van der Waals surface area contributed by atoms with E-state index in [4.69, 9.17) is 4.74 Å². The average molecular weight is 442 g/mol. The van der Waals surface area contributed by atoms with Crippen LogP contribution in [0, 0.1) is 6.92 Å². The van der Waals surface area contributed by atoms with Crippen LogP contribution in [-0.4, -0.2) is 42.1 Å². The quantitative estimate of drug-likeness (QED) is 0.504. The van der Waals surface area contributed by atoms with Crippen molar-refractivity contribution in [3.8, 4) is 11.1 Å². The molecule has 0 saturated carbocycles. The van der Waals surface area contributed by atoms with Crippen molar-refractivity contribution in [2.75, 3.05) is 25.6 Å². The van der Waals surface area contributed by atoms with Crippen LogP contribution in [0.25, 0.3) is 17.2 Å². The van der Waals surface area contributed by atoms with Crippen LogP contribution in [-0.2, 0) is 16.1 Å². The zero-order valence-electron chi connectivity index (χ0n) is 19.3. The molecule has 33 heavy (non-hydrogen) atoms. The molecule has 1 saturated heterocycles. The lowest BCUT2D eigenvalue weighted by Crippen LogP contribution is -2.36. The molecule has 0 radical (unpaired) electrons. The zero-order valence-corrected chi connectivity index (χ0v) is 19.3. The molecular formula is C28H31N3O2. The predicted molar refractivity (Wildman–Crippen MR) is 134 cm³/mol. The van der Waals surface area contributed by atoms with E-state index in [0.29, 0.717) is 6.04 Å². The Morgan fingerprint density at radius 2 is 1.79 bits per heavy atom. The van der Waals surface area contributed by atoms with Crippen molar-refractivity contribution in [2.45, 2.75) is 32.4 Å². The second-order valence-corrected chi connectivity index (χ2v) is 8.65. The Labute approximate surface area is 196 Å². The topological polar surface area (TPSA) is 54.5 Å². The number of rotatable bonds is 7. The maximum Gasteiger partial charge on any atom is 0.248 e. The van der Waals surface area contributed by atoms with Gasteiger partial charge in [-0.05, 0) is 67.8 Å². The molecule has 170 valence electrons. The standard InChI is InChI=1S/C28H31N3O2/c1-21-3-8-24(9-4-21)25-17-23(18-29-19-25)7-12-28(32)30-26-10-5-22(6-11-26)20-31(2)27-13-15-33-16-14-27/h3-12,17-19,27H,13-16,20H2,1-2H3,(H,30,32). The normalized spacial score (nSPS) is 14.6. The van der Waals surface area contributed by atoms with E-state index in [-0.39, 0.29) is 5.91 Å². The third-order valence-corrected chi connectivity index (χ3v) is 6.04. The number of ether oxygens (including phenoxy) is 1. The molecule has 1 N–H and O–H groups in total. The first kappa shape index (κ1) is 22.9. The summed E-state index contributed by atoms with van der Waals surface area (Å²) >= 11 is 0. The first-order valence-electron chi connectivity index (χ1n) is 11.4. The van der Waals surface area contributed by atoms with Gasteiger partial charge in [-0.25, -0.2) is 0 Å². The zero-order chi connectivity index (χ0) is 23.0. The molecule has 1 amide bonds. The largest absolute Gasteiger partial charge is 0.381 e. The van der Waals surface area contributed by atoms with E-state index in [9.17, 15) is 4.79 Å². The predicted octanol–water partition coefficient (Wildman–Crippen LogP) is 5.32. The number of hydrogen-bond donors (Lipinski definition) is 1. The van der Waals surface area contributed by atoms with Gasteiger partial charge >= 0.3 is 0 Å². The van der Waals surface area contributed by atoms with Crippen molar-refractivity contribution in [3.05, 3.63) is 89.8 Å². The van der Waals surface area contributed by atoms with Gasteiger partial charge < -0.3 is 10.1 Å². The van der Waals surface area contributed by atoms with Crippen molar-refractivity contribution < 1.29 is 9.53 Å². The van der Waals surface area contributed by atoms with Gasteiger partial charge in [-0.15, -0.1) is 0 Å². The fraction of sp³-hybridized carbons (Fsp3) is 0.286. The summed E-state index contributed by atoms with van der Waals surface area (Å²) in [5.41, 5.74) is 6.26. The summed E-state index contributed by atoms with van der Waals surface area (Å²) in [5.74, 6) is -0.164. The third-order valence-electron chi connectivity index (χ3n) is 6.04. The Hall–Kier alpha value is -3.28. The van der Waals surface area contributed by atoms with Crippen LogP contribution in [0.1, 0.15) is 29.5 Å². The lowest BCUT2D eigenvalue weighted by atomic mass is 10.0. The van der Waals surface area contributed by atoms with E-state index in [2.05, 4.69) is 65.6 Å². The summed E-state index contributed by atoms with van der Waals surface area (Å²) < 4.78 is 5.45. The molecule has 5 nitrogen and oxygen atoms in total. The maximum absolute atomic E-state index is 12.4. The summed E-state index contributed by atoms with van der Waals surface area (Å²) in [6.45, 7) is 4.65. The number of amides is 1. The van der Waals surface area contributed by atoms with Crippen LogP contribution in [0.2, 0.25) is 0 Å². The van der Waals surface area contributed by atoms with Gasteiger partial charge in [0.25, 0.3) is 0 Å². The van der Waals surface area contributed by atoms with E-state index >= 15 is 0 Å². The lowest BCUT2D eigenvalue weighted by Gasteiger charge is -2.31. The van der Waals surface area contributed by atoms with E-state index in [1.165, 1.54) is 11.1 Å². The van der Waals surface area contributed by atoms with Crippen LogP contribution in [0.5, 0.6) is 0 Å². The summed E-state index contributed by atoms with van der Waals surface area (Å²) in [6, 6.07) is 19.0. The number of nitrogens with zero attached hydrogens (tertiary/aromatic N) is 2. The number of aromatic nitrogens is 1. The highest BCUT2D eigenvalue weighted by molar-refractivity contribution is 6.01. The number of nitrogens with one attached hydrogen (secondary N) is 1. The van der Waals surface area contributed by atoms with Crippen molar-refractivity contribution >= 4 is 17.7 Å². The van der Waals surface area contributed by atoms with E-state index in [0.717, 1.165) is 55.0 Å². The number of carbonyl (C=O) groups is 1. The highest BCUT2D eigenvalue weighted by atomic mass is 16.5. The summed E-state index contributed by atoms with van der Waals surface area (Å²) in [5, 5.41) is 2.93. The fourth-order valence-corrected chi connectivity index (χ4v) is 4.05. The van der Waals surface area contributed by atoms with Crippen molar-refractivity contribution in [3.63, 3.8) is 0 Å². The van der Waals surface area contributed by atoms with Gasteiger partial charge in [-0.1, -0.05) is 42.0 Å². The van der Waals surface area contributed by atoms with Crippen LogP contribution in [0.15, 0.2) is 73.1 Å². The molecule has 3 aromatic rings. The second kappa shape index (κ2) is 11.0. The van der Waals surface area contributed by atoms with Crippen molar-refractivity contribution in [2.24, 2.45) is 0 Å². The number of pyridine rings is 1. The first-order chi connectivity index (χ1) is 16.1. The minimum Gasteiger partial charge on any atom is -0.381 e. The molecule has 2 heterocycles. The Balaban J connectivity index is 1.32. The van der Waals surface area contributed by atoms with Crippen LogP contribution in [0.4, 0.5) is 5.69 Å². The Bertz CT molecular complexity index is 1080. The second-order valence-electron chi connectivity index (χ2n) is 8.65. The summed E-state index contributed by atoms with van der Waals surface area (Å²) in [6.07, 6.45) is 9.09. The van der Waals surface area contributed by atoms with E-state index in [1.54, 1.807) is 18.3 Å². The van der Waals surface area contributed by atoms with E-state index < -0.39 is 0 Å². The highest BCUT2D eigenvalue weighted by Crippen LogP contribution is 2.21. The summed E-state index contributed by atoms with van der Waals surface area (Å²) in [7, 11) is 2.17. The van der Waals surface area contributed by atoms with Crippen molar-refractivity contribution in [1.29, 1.82) is 0 Å². The Morgan fingerprint density at radius 1 is 1.06 bits per heavy atom. The molecule has 0 aliphatic carbocycles. The fourth-order valence-electron chi connectivity index (χ4n) is 4.05. The van der Waals surface area contributed by atoms with E-state index in [1.807, 2.05) is 24.4 Å².